The molecule has 122 valence electrons. The van der Waals surface area contributed by atoms with Gasteiger partial charge in [-0.05, 0) is 21.0 Å². The van der Waals surface area contributed by atoms with Crippen LogP contribution in [0.2, 0.25) is 0 Å². The normalized spacial score (nSPS) is 10.8. The van der Waals surface area contributed by atoms with Gasteiger partial charge in [-0.25, -0.2) is 9.97 Å². The van der Waals surface area contributed by atoms with E-state index in [1.807, 2.05) is 44.4 Å². The van der Waals surface area contributed by atoms with Gasteiger partial charge < -0.3 is 15.5 Å². The number of rotatable bonds is 7. The van der Waals surface area contributed by atoms with Gasteiger partial charge in [0.2, 0.25) is 0 Å². The summed E-state index contributed by atoms with van der Waals surface area (Å²) >= 11 is 0. The molecule has 0 saturated heterocycles. The van der Waals surface area contributed by atoms with Gasteiger partial charge in [0.1, 0.15) is 11.5 Å². The van der Waals surface area contributed by atoms with E-state index in [4.69, 9.17) is 5.73 Å². The molecule has 0 atom stereocenters. The summed E-state index contributed by atoms with van der Waals surface area (Å²) in [7, 11) is 4.05. The number of nitrogens with zero attached hydrogens (tertiary/aromatic N) is 4. The smallest absolute Gasteiger partial charge is 0.267 e. The topological polar surface area (TPSA) is 75.3 Å². The highest BCUT2D eigenvalue weighted by Crippen LogP contribution is 2.20. The maximum absolute atomic E-state index is 11.6. The van der Waals surface area contributed by atoms with Crippen LogP contribution in [0, 0.1) is 0 Å². The molecule has 0 aliphatic carbocycles. The predicted octanol–water partition coefficient (Wildman–Crippen LogP) is 1.63. The van der Waals surface area contributed by atoms with Gasteiger partial charge in [-0.1, -0.05) is 30.3 Å². The van der Waals surface area contributed by atoms with Crippen LogP contribution < -0.4 is 10.6 Å². The van der Waals surface area contributed by atoms with Crippen molar-refractivity contribution in [3.8, 4) is 11.4 Å². The summed E-state index contributed by atoms with van der Waals surface area (Å²) < 4.78 is 0. The standard InChI is InChI=1S/C17H23N5O/c1-4-22(11-10-21(2)3)15-12-14(16(18)23)19-17(20-15)13-8-6-5-7-9-13/h5-9,12H,4,10-11H2,1-3H3,(H2,18,23). The van der Waals surface area contributed by atoms with Gasteiger partial charge in [-0.15, -0.1) is 0 Å². The predicted molar refractivity (Wildman–Crippen MR) is 92.4 cm³/mol. The molecule has 2 rings (SSSR count). The number of aromatic nitrogens is 2. The van der Waals surface area contributed by atoms with Crippen molar-refractivity contribution in [2.45, 2.75) is 6.92 Å². The summed E-state index contributed by atoms with van der Waals surface area (Å²) in [6, 6.07) is 11.3. The maximum atomic E-state index is 11.6. The molecule has 2 N–H and O–H groups in total. The Balaban J connectivity index is 2.42. The monoisotopic (exact) mass is 313 g/mol. The van der Waals surface area contributed by atoms with E-state index in [2.05, 4.69) is 26.7 Å². The number of nitrogens with two attached hydrogens (primary N) is 1. The number of hydrogen-bond donors (Lipinski definition) is 1. The first-order chi connectivity index (χ1) is 11.0. The van der Waals surface area contributed by atoms with Crippen LogP contribution in [-0.2, 0) is 0 Å². The highest BCUT2D eigenvalue weighted by molar-refractivity contribution is 5.92. The fourth-order valence-corrected chi connectivity index (χ4v) is 2.19. The molecule has 1 amide bonds. The zero-order chi connectivity index (χ0) is 16.8. The van der Waals surface area contributed by atoms with E-state index in [0.717, 1.165) is 31.0 Å². The van der Waals surface area contributed by atoms with Gasteiger partial charge in [-0.3, -0.25) is 4.79 Å². The molecule has 6 nitrogen and oxygen atoms in total. The molecule has 2 aromatic rings. The van der Waals surface area contributed by atoms with Crippen LogP contribution in [0.15, 0.2) is 36.4 Å². The molecule has 0 aliphatic rings. The number of likely N-dealkylation sites (N-methyl/N-ethyl adjacent to an activating group) is 2. The number of anilines is 1. The lowest BCUT2D eigenvalue weighted by molar-refractivity contribution is 0.0995. The largest absolute Gasteiger partial charge is 0.364 e. The summed E-state index contributed by atoms with van der Waals surface area (Å²) in [5.41, 5.74) is 6.53. The average Bonchev–Trinajstić information content (AvgIpc) is 2.55. The molecule has 0 bridgehead atoms. The van der Waals surface area contributed by atoms with Gasteiger partial charge in [0.15, 0.2) is 5.82 Å². The van der Waals surface area contributed by atoms with Gasteiger partial charge in [-0.2, -0.15) is 0 Å². The van der Waals surface area contributed by atoms with E-state index in [9.17, 15) is 4.79 Å². The first-order valence-corrected chi connectivity index (χ1v) is 7.65. The Kier molecular flexibility index (Phi) is 5.65. The molecule has 0 fully saturated rings. The van der Waals surface area contributed by atoms with Gasteiger partial charge >= 0.3 is 0 Å². The second kappa shape index (κ2) is 7.69. The second-order valence-corrected chi connectivity index (χ2v) is 5.55. The molecule has 23 heavy (non-hydrogen) atoms. The van der Waals surface area contributed by atoms with E-state index >= 15 is 0 Å². The van der Waals surface area contributed by atoms with E-state index in [1.165, 1.54) is 0 Å². The summed E-state index contributed by atoms with van der Waals surface area (Å²) in [4.78, 5) is 24.8. The number of carbonyl (C=O) groups is 1. The summed E-state index contributed by atoms with van der Waals surface area (Å²) in [6.07, 6.45) is 0. The van der Waals surface area contributed by atoms with Crippen LogP contribution in [0.4, 0.5) is 5.82 Å². The maximum Gasteiger partial charge on any atom is 0.267 e. The number of primary amides is 1. The lowest BCUT2D eigenvalue weighted by Gasteiger charge is -2.24. The minimum atomic E-state index is -0.547. The van der Waals surface area contributed by atoms with Crippen LogP contribution in [0.25, 0.3) is 11.4 Å². The zero-order valence-corrected chi connectivity index (χ0v) is 13.9. The number of amides is 1. The van der Waals surface area contributed by atoms with Gasteiger partial charge in [0, 0.05) is 31.3 Å². The first kappa shape index (κ1) is 16.9. The van der Waals surface area contributed by atoms with Crippen molar-refractivity contribution in [3.63, 3.8) is 0 Å². The fourth-order valence-electron chi connectivity index (χ4n) is 2.19. The number of carbonyl (C=O) groups excluding carboxylic acids is 1. The second-order valence-electron chi connectivity index (χ2n) is 5.55. The minimum Gasteiger partial charge on any atom is -0.364 e. The highest BCUT2D eigenvalue weighted by Gasteiger charge is 2.14. The number of benzene rings is 1. The number of hydrogen-bond acceptors (Lipinski definition) is 5. The van der Waals surface area contributed by atoms with Crippen LogP contribution in [0.3, 0.4) is 0 Å². The van der Waals surface area contributed by atoms with Crippen molar-refractivity contribution in [1.29, 1.82) is 0 Å². The average molecular weight is 313 g/mol. The van der Waals surface area contributed by atoms with Crippen LogP contribution in [0.1, 0.15) is 17.4 Å². The Bertz CT molecular complexity index is 657. The molecular formula is C17H23N5O. The third kappa shape index (κ3) is 4.50. The molecule has 1 heterocycles. The molecule has 0 radical (unpaired) electrons. The SMILES string of the molecule is CCN(CCN(C)C)c1cc(C(N)=O)nc(-c2ccccc2)n1. The lowest BCUT2D eigenvalue weighted by Crippen LogP contribution is -2.32. The van der Waals surface area contributed by atoms with Crippen molar-refractivity contribution in [2.75, 3.05) is 38.6 Å². The summed E-state index contributed by atoms with van der Waals surface area (Å²) in [6.45, 7) is 4.55. The molecule has 6 heteroatoms. The van der Waals surface area contributed by atoms with Gasteiger partial charge in [0.05, 0.1) is 0 Å². The van der Waals surface area contributed by atoms with E-state index in [0.29, 0.717) is 5.82 Å². The molecule has 0 unspecified atom stereocenters. The first-order valence-electron chi connectivity index (χ1n) is 7.65. The third-order valence-corrected chi connectivity index (χ3v) is 3.52. The molecule has 0 saturated carbocycles. The molecule has 0 aliphatic heterocycles. The minimum absolute atomic E-state index is 0.233. The Morgan fingerprint density at radius 2 is 1.83 bits per heavy atom. The molecule has 1 aromatic heterocycles. The van der Waals surface area contributed by atoms with Crippen molar-refractivity contribution >= 4 is 11.7 Å². The Morgan fingerprint density at radius 1 is 1.13 bits per heavy atom. The Labute approximate surface area is 137 Å². The molecular weight excluding hydrogens is 290 g/mol. The van der Waals surface area contributed by atoms with Crippen molar-refractivity contribution in [1.82, 2.24) is 14.9 Å². The summed E-state index contributed by atoms with van der Waals surface area (Å²) in [5, 5.41) is 0. The lowest BCUT2D eigenvalue weighted by atomic mass is 10.2. The van der Waals surface area contributed by atoms with Crippen LogP contribution >= 0.6 is 0 Å². The third-order valence-electron chi connectivity index (χ3n) is 3.52. The van der Waals surface area contributed by atoms with Crippen molar-refractivity contribution in [2.24, 2.45) is 5.73 Å². The zero-order valence-electron chi connectivity index (χ0n) is 13.9. The van der Waals surface area contributed by atoms with Crippen LogP contribution in [0.5, 0.6) is 0 Å². The van der Waals surface area contributed by atoms with Crippen LogP contribution in [-0.4, -0.2) is 54.5 Å². The van der Waals surface area contributed by atoms with Crippen molar-refractivity contribution in [3.05, 3.63) is 42.1 Å². The Hall–Kier alpha value is -2.47. The summed E-state index contributed by atoms with van der Waals surface area (Å²) in [5.74, 6) is 0.687. The highest BCUT2D eigenvalue weighted by atomic mass is 16.1. The van der Waals surface area contributed by atoms with Gasteiger partial charge in [0.25, 0.3) is 5.91 Å². The fraction of sp³-hybridized carbons (Fsp3) is 0.353. The van der Waals surface area contributed by atoms with E-state index in [-0.39, 0.29) is 5.69 Å². The molecule has 0 spiro atoms. The Morgan fingerprint density at radius 3 is 2.39 bits per heavy atom. The van der Waals surface area contributed by atoms with E-state index in [1.54, 1.807) is 6.07 Å². The molecule has 1 aromatic carbocycles. The van der Waals surface area contributed by atoms with E-state index < -0.39 is 5.91 Å². The van der Waals surface area contributed by atoms with Crippen molar-refractivity contribution < 1.29 is 4.79 Å². The quantitative estimate of drug-likeness (QED) is 0.841.